The van der Waals surface area contributed by atoms with Crippen LogP contribution < -0.4 is 5.32 Å². The van der Waals surface area contributed by atoms with Gasteiger partial charge in [0.25, 0.3) is 0 Å². The zero-order valence-electron chi connectivity index (χ0n) is 13.7. The zero-order valence-corrected chi connectivity index (χ0v) is 14.5. The van der Waals surface area contributed by atoms with Crippen molar-refractivity contribution >= 4 is 21.9 Å². The molecule has 2 saturated heterocycles. The van der Waals surface area contributed by atoms with Crippen LogP contribution in [0.3, 0.4) is 0 Å². The van der Waals surface area contributed by atoms with Crippen molar-refractivity contribution in [3.63, 3.8) is 0 Å². The molecule has 2 atom stereocenters. The zero-order chi connectivity index (χ0) is 18.1. The van der Waals surface area contributed by atoms with Gasteiger partial charge in [-0.15, -0.1) is 0 Å². The Labute approximate surface area is 146 Å². The van der Waals surface area contributed by atoms with E-state index in [0.717, 1.165) is 12.0 Å². The van der Waals surface area contributed by atoms with Gasteiger partial charge in [-0.3, -0.25) is 0 Å². The molecule has 2 heterocycles. The van der Waals surface area contributed by atoms with Crippen LogP contribution in [0.4, 0.5) is 4.79 Å². The Bertz CT molecular complexity index is 741. The van der Waals surface area contributed by atoms with E-state index in [2.05, 4.69) is 5.32 Å². The summed E-state index contributed by atoms with van der Waals surface area (Å²) in [4.78, 5) is 24.0. The molecule has 7 nitrogen and oxygen atoms in total. The summed E-state index contributed by atoms with van der Waals surface area (Å²) in [6.07, 6.45) is 0.582. The summed E-state index contributed by atoms with van der Waals surface area (Å²) in [5, 5.41) is 10.7. The maximum Gasteiger partial charge on any atom is 0.408 e. The van der Waals surface area contributed by atoms with Gasteiger partial charge in [-0.25, -0.2) is 18.0 Å². The van der Waals surface area contributed by atoms with Crippen molar-refractivity contribution in [2.75, 3.05) is 0 Å². The fourth-order valence-electron chi connectivity index (χ4n) is 3.76. The normalized spacial score (nSPS) is 30.2. The van der Waals surface area contributed by atoms with E-state index in [0.29, 0.717) is 12.8 Å². The maximum absolute atomic E-state index is 12.4. The van der Waals surface area contributed by atoms with Crippen molar-refractivity contribution in [1.82, 2.24) is 5.32 Å². The van der Waals surface area contributed by atoms with Crippen molar-refractivity contribution < 1.29 is 27.9 Å². The van der Waals surface area contributed by atoms with Crippen molar-refractivity contribution in [1.29, 1.82) is 0 Å². The molecule has 1 amide bonds. The summed E-state index contributed by atoms with van der Waals surface area (Å²) < 4.78 is 29.8. The number of ether oxygens (including phenoxy) is 1. The Morgan fingerprint density at radius 1 is 1.16 bits per heavy atom. The van der Waals surface area contributed by atoms with Crippen molar-refractivity contribution in [2.45, 2.75) is 54.7 Å². The fraction of sp³-hybridized carbons (Fsp3) is 0.529. The van der Waals surface area contributed by atoms with E-state index in [1.807, 2.05) is 18.2 Å². The van der Waals surface area contributed by atoms with E-state index < -0.39 is 37.9 Å². The molecule has 2 aliphatic rings. The van der Waals surface area contributed by atoms with Crippen molar-refractivity contribution in [3.05, 3.63) is 35.9 Å². The summed E-state index contributed by atoms with van der Waals surface area (Å²) >= 11 is 0. The summed E-state index contributed by atoms with van der Waals surface area (Å²) in [6, 6.07) is 9.03. The average Bonchev–Trinajstić information content (AvgIpc) is 2.54. The number of benzene rings is 1. The highest BCUT2D eigenvalue weighted by atomic mass is 32.2. The molecule has 0 aliphatic carbocycles. The fourth-order valence-corrected chi connectivity index (χ4v) is 6.32. The lowest BCUT2D eigenvalue weighted by Crippen LogP contribution is -2.63. The Morgan fingerprint density at radius 3 is 2.32 bits per heavy atom. The van der Waals surface area contributed by atoms with Crippen LogP contribution in [0.25, 0.3) is 0 Å². The minimum Gasteiger partial charge on any atom is -0.480 e. The second-order valence-corrected chi connectivity index (χ2v) is 9.26. The van der Waals surface area contributed by atoms with Crippen LogP contribution in [0.5, 0.6) is 0 Å². The lowest BCUT2D eigenvalue weighted by atomic mass is 9.82. The molecule has 136 valence electrons. The van der Waals surface area contributed by atoms with Crippen LogP contribution >= 0.6 is 0 Å². The van der Waals surface area contributed by atoms with Crippen molar-refractivity contribution in [3.8, 4) is 0 Å². The molecule has 2 bridgehead atoms. The monoisotopic (exact) mass is 367 g/mol. The van der Waals surface area contributed by atoms with Gasteiger partial charge >= 0.3 is 12.1 Å². The Morgan fingerprint density at radius 2 is 1.76 bits per heavy atom. The van der Waals surface area contributed by atoms with Gasteiger partial charge in [0.05, 0.1) is 10.5 Å². The molecule has 2 aliphatic heterocycles. The number of hydrogen-bond acceptors (Lipinski definition) is 5. The van der Waals surface area contributed by atoms with Crippen LogP contribution in [0.2, 0.25) is 0 Å². The van der Waals surface area contributed by atoms with Crippen LogP contribution in [-0.4, -0.2) is 41.6 Å². The van der Waals surface area contributed by atoms with E-state index >= 15 is 0 Å². The van der Waals surface area contributed by atoms with Gasteiger partial charge in [-0.1, -0.05) is 36.8 Å². The van der Waals surface area contributed by atoms with Crippen molar-refractivity contribution in [2.24, 2.45) is 0 Å². The molecule has 3 rings (SSSR count). The van der Waals surface area contributed by atoms with E-state index in [1.165, 1.54) is 0 Å². The third-order valence-corrected chi connectivity index (χ3v) is 7.76. The minimum atomic E-state index is -3.32. The Kier molecular flexibility index (Phi) is 4.73. The van der Waals surface area contributed by atoms with Crippen LogP contribution in [0, 0.1) is 0 Å². The first kappa shape index (κ1) is 17.7. The molecular weight excluding hydrogens is 346 g/mol. The maximum atomic E-state index is 12.4. The number of rotatable bonds is 4. The van der Waals surface area contributed by atoms with Gasteiger partial charge in [0.2, 0.25) is 0 Å². The highest BCUT2D eigenvalue weighted by molar-refractivity contribution is 7.92. The first-order chi connectivity index (χ1) is 11.8. The number of hydrogen-bond donors (Lipinski definition) is 2. The molecule has 1 aromatic carbocycles. The third kappa shape index (κ3) is 3.49. The van der Waals surface area contributed by atoms with Gasteiger partial charge in [-0.2, -0.15) is 0 Å². The number of alkyl carbamates (subject to hydrolysis) is 1. The minimum absolute atomic E-state index is 0.0214. The molecule has 2 fully saturated rings. The lowest BCUT2D eigenvalue weighted by Gasteiger charge is -2.44. The van der Waals surface area contributed by atoms with Gasteiger partial charge in [-0.05, 0) is 31.2 Å². The number of carbonyl (C=O) groups excluding carboxylic acids is 1. The number of fused-ring (bicyclic) bond motifs is 2. The smallest absolute Gasteiger partial charge is 0.408 e. The summed E-state index contributed by atoms with van der Waals surface area (Å²) in [7, 11) is -3.32. The standard InChI is InChI=1S/C17H21NO6S/c19-15(20)17(9-13-7-4-8-14(10-17)25(13,22)23)18-16(21)24-11-12-5-2-1-3-6-12/h1-3,5-6,13-14H,4,7-11H2,(H,18,21)(H,19,20). The second-order valence-electron chi connectivity index (χ2n) is 6.75. The van der Waals surface area contributed by atoms with Crippen LogP contribution in [0.1, 0.15) is 37.7 Å². The molecule has 0 radical (unpaired) electrons. The average molecular weight is 367 g/mol. The number of carbonyl (C=O) groups is 2. The number of nitrogens with one attached hydrogen (secondary N) is 1. The highest BCUT2D eigenvalue weighted by Gasteiger charge is 2.55. The molecule has 1 aromatic rings. The highest BCUT2D eigenvalue weighted by Crippen LogP contribution is 2.41. The largest absolute Gasteiger partial charge is 0.480 e. The topological polar surface area (TPSA) is 110 Å². The van der Waals surface area contributed by atoms with Crippen LogP contribution in [-0.2, 0) is 26.0 Å². The molecule has 0 saturated carbocycles. The molecule has 2 N–H and O–H groups in total. The Balaban J connectivity index is 1.71. The number of carboxylic acids is 1. The SMILES string of the molecule is O=C(NC1(C(=O)O)CC2CCCC(C1)S2(=O)=O)OCc1ccccc1. The van der Waals surface area contributed by atoms with E-state index in [9.17, 15) is 23.1 Å². The first-order valence-corrected chi connectivity index (χ1v) is 9.89. The van der Waals surface area contributed by atoms with Gasteiger partial charge in [0.15, 0.2) is 9.84 Å². The van der Waals surface area contributed by atoms with E-state index in [-0.39, 0.29) is 19.4 Å². The molecule has 0 aromatic heterocycles. The second kappa shape index (κ2) is 6.67. The number of sulfone groups is 1. The van der Waals surface area contributed by atoms with E-state index in [1.54, 1.807) is 12.1 Å². The third-order valence-electron chi connectivity index (χ3n) is 5.10. The Hall–Kier alpha value is -2.09. The van der Waals surface area contributed by atoms with Gasteiger partial charge in [0, 0.05) is 0 Å². The molecular formula is C17H21NO6S. The molecule has 25 heavy (non-hydrogen) atoms. The number of amides is 1. The predicted octanol–water partition coefficient (Wildman–Crippen LogP) is 1.87. The van der Waals surface area contributed by atoms with Gasteiger partial charge in [0.1, 0.15) is 12.1 Å². The summed E-state index contributed by atoms with van der Waals surface area (Å²) in [6.45, 7) is 0.0214. The summed E-state index contributed by atoms with van der Waals surface area (Å²) in [5.41, 5.74) is -0.806. The lowest BCUT2D eigenvalue weighted by molar-refractivity contribution is -0.145. The van der Waals surface area contributed by atoms with E-state index in [4.69, 9.17) is 4.74 Å². The number of aliphatic carboxylic acids is 1. The predicted molar refractivity (Wildman–Crippen MR) is 89.7 cm³/mol. The molecule has 0 spiro atoms. The van der Waals surface area contributed by atoms with Gasteiger partial charge < -0.3 is 15.2 Å². The summed E-state index contributed by atoms with van der Waals surface area (Å²) in [5.74, 6) is -1.21. The number of carboxylic acid groups (broad SMARTS) is 1. The molecule has 8 heteroatoms. The van der Waals surface area contributed by atoms with Crippen LogP contribution in [0.15, 0.2) is 30.3 Å². The quantitative estimate of drug-likeness (QED) is 0.841. The first-order valence-electron chi connectivity index (χ1n) is 8.28. The molecule has 2 unspecified atom stereocenters.